The Morgan fingerprint density at radius 3 is 2.62 bits per heavy atom. The molecular formula is C14H14N4O3. The lowest BCUT2D eigenvalue weighted by molar-refractivity contribution is -0.385. The van der Waals surface area contributed by atoms with Gasteiger partial charge in [0.25, 0.3) is 5.69 Å². The number of hydrogen-bond donors (Lipinski definition) is 2. The number of nitrogens with one attached hydrogen (secondary N) is 1. The van der Waals surface area contributed by atoms with Crippen LogP contribution < -0.4 is 10.5 Å². The lowest BCUT2D eigenvalue weighted by Crippen LogP contribution is -2.14. The van der Waals surface area contributed by atoms with Gasteiger partial charge < -0.3 is 10.5 Å². The maximum Gasteiger partial charge on any atom is 0.272 e. The summed E-state index contributed by atoms with van der Waals surface area (Å²) in [5, 5.41) is 18.4. The van der Waals surface area contributed by atoms with E-state index in [1.54, 1.807) is 32.2 Å². The third-order valence-electron chi connectivity index (χ3n) is 2.97. The van der Waals surface area contributed by atoms with Gasteiger partial charge in [0.15, 0.2) is 0 Å². The zero-order chi connectivity index (χ0) is 15.6. The van der Waals surface area contributed by atoms with Gasteiger partial charge in [0, 0.05) is 17.8 Å². The summed E-state index contributed by atoms with van der Waals surface area (Å²) >= 11 is 0. The number of nitrogens with zero attached hydrogens (tertiary/aromatic N) is 2. The maximum absolute atomic E-state index is 10.8. The van der Waals surface area contributed by atoms with Crippen molar-refractivity contribution < 1.29 is 9.66 Å². The molecule has 0 amide bonds. The monoisotopic (exact) mass is 286 g/mol. The Kier molecular flexibility index (Phi) is 3.84. The summed E-state index contributed by atoms with van der Waals surface area (Å²) in [5.41, 5.74) is 7.22. The molecule has 0 aliphatic rings. The molecule has 1 heterocycles. The fourth-order valence-corrected chi connectivity index (χ4v) is 1.95. The first-order valence-corrected chi connectivity index (χ1v) is 6.13. The van der Waals surface area contributed by atoms with Crippen molar-refractivity contribution >= 4 is 11.5 Å². The molecular weight excluding hydrogens is 272 g/mol. The Bertz CT molecular complexity index is 728. The van der Waals surface area contributed by atoms with Crippen molar-refractivity contribution in [2.24, 2.45) is 5.73 Å². The van der Waals surface area contributed by atoms with E-state index in [2.05, 4.69) is 4.98 Å². The first-order chi connectivity index (χ1) is 9.90. The molecule has 0 radical (unpaired) electrons. The number of hydrogen-bond acceptors (Lipinski definition) is 5. The van der Waals surface area contributed by atoms with Crippen LogP contribution in [0.25, 0.3) is 0 Å². The van der Waals surface area contributed by atoms with Gasteiger partial charge in [-0.15, -0.1) is 0 Å². The topological polar surface area (TPSA) is 115 Å². The van der Waals surface area contributed by atoms with Gasteiger partial charge in [-0.1, -0.05) is 0 Å². The standard InChI is InChI=1S/C14H14N4O3/c1-8-5-6-17-14(12(8)13(15)16)21-10-3-4-11(18(19)20)9(2)7-10/h3-7H,1-2H3,(H3,15,16). The van der Waals surface area contributed by atoms with Gasteiger partial charge in [-0.05, 0) is 37.6 Å². The maximum atomic E-state index is 10.8. The summed E-state index contributed by atoms with van der Waals surface area (Å²) in [6.07, 6.45) is 1.55. The van der Waals surface area contributed by atoms with Crippen LogP contribution in [0.5, 0.6) is 11.6 Å². The molecule has 2 rings (SSSR count). The van der Waals surface area contributed by atoms with Crippen LogP contribution in [-0.4, -0.2) is 15.7 Å². The van der Waals surface area contributed by atoms with Gasteiger partial charge in [-0.2, -0.15) is 0 Å². The second-order valence-corrected chi connectivity index (χ2v) is 4.53. The van der Waals surface area contributed by atoms with Gasteiger partial charge >= 0.3 is 0 Å². The average Bonchev–Trinajstić information content (AvgIpc) is 2.37. The number of rotatable bonds is 4. The SMILES string of the molecule is Cc1cc(Oc2nccc(C)c2C(=N)N)ccc1[N+](=O)[O-]. The Labute approximate surface area is 121 Å². The van der Waals surface area contributed by atoms with Crippen molar-refractivity contribution in [3.05, 3.63) is 57.3 Å². The molecule has 1 aromatic heterocycles. The number of benzene rings is 1. The molecule has 0 spiro atoms. The predicted octanol–water partition coefficient (Wildman–Crippen LogP) is 2.68. The summed E-state index contributed by atoms with van der Waals surface area (Å²) in [4.78, 5) is 14.4. The van der Waals surface area contributed by atoms with Crippen LogP contribution in [0.15, 0.2) is 30.5 Å². The number of nitrogen functional groups attached to an aromatic ring is 1. The smallest absolute Gasteiger partial charge is 0.272 e. The van der Waals surface area contributed by atoms with Crippen molar-refractivity contribution in [1.29, 1.82) is 5.41 Å². The van der Waals surface area contributed by atoms with Crippen molar-refractivity contribution in [1.82, 2.24) is 4.98 Å². The van der Waals surface area contributed by atoms with Crippen LogP contribution in [0, 0.1) is 29.4 Å². The summed E-state index contributed by atoms with van der Waals surface area (Å²) < 4.78 is 5.61. The Morgan fingerprint density at radius 2 is 2.05 bits per heavy atom. The van der Waals surface area contributed by atoms with Gasteiger partial charge in [0.1, 0.15) is 11.6 Å². The van der Waals surface area contributed by atoms with E-state index in [0.717, 1.165) is 5.56 Å². The second-order valence-electron chi connectivity index (χ2n) is 4.53. The molecule has 0 fully saturated rings. The van der Waals surface area contributed by atoms with Crippen molar-refractivity contribution in [3.63, 3.8) is 0 Å². The zero-order valence-corrected chi connectivity index (χ0v) is 11.6. The summed E-state index contributed by atoms with van der Waals surface area (Å²) in [6.45, 7) is 3.42. The largest absolute Gasteiger partial charge is 0.438 e. The first kappa shape index (κ1) is 14.4. The average molecular weight is 286 g/mol. The highest BCUT2D eigenvalue weighted by Crippen LogP contribution is 2.28. The Hall–Kier alpha value is -2.96. The van der Waals surface area contributed by atoms with Crippen molar-refractivity contribution in [2.45, 2.75) is 13.8 Å². The zero-order valence-electron chi connectivity index (χ0n) is 11.6. The third-order valence-corrected chi connectivity index (χ3v) is 2.97. The van der Waals surface area contributed by atoms with Crippen LogP contribution in [0.1, 0.15) is 16.7 Å². The number of nitrogens with two attached hydrogens (primary N) is 1. The minimum Gasteiger partial charge on any atom is -0.438 e. The molecule has 1 aromatic carbocycles. The molecule has 0 aliphatic carbocycles. The van der Waals surface area contributed by atoms with Gasteiger partial charge in [-0.3, -0.25) is 15.5 Å². The fourth-order valence-electron chi connectivity index (χ4n) is 1.95. The Morgan fingerprint density at radius 1 is 1.33 bits per heavy atom. The third kappa shape index (κ3) is 2.97. The number of pyridine rings is 1. The van der Waals surface area contributed by atoms with Crippen molar-refractivity contribution in [2.75, 3.05) is 0 Å². The van der Waals surface area contributed by atoms with E-state index < -0.39 is 4.92 Å². The fraction of sp³-hybridized carbons (Fsp3) is 0.143. The molecule has 0 aliphatic heterocycles. The van der Waals surface area contributed by atoms with Crippen LogP contribution >= 0.6 is 0 Å². The molecule has 7 heteroatoms. The van der Waals surface area contributed by atoms with Gasteiger partial charge in [0.2, 0.25) is 5.88 Å². The van der Waals surface area contributed by atoms with E-state index in [0.29, 0.717) is 16.9 Å². The molecule has 0 saturated heterocycles. The lowest BCUT2D eigenvalue weighted by atomic mass is 10.1. The highest BCUT2D eigenvalue weighted by atomic mass is 16.6. The molecule has 108 valence electrons. The number of nitro benzene ring substituents is 1. The lowest BCUT2D eigenvalue weighted by Gasteiger charge is -2.11. The molecule has 0 bridgehead atoms. The number of ether oxygens (including phenoxy) is 1. The molecule has 2 aromatic rings. The number of nitro groups is 1. The van der Waals surface area contributed by atoms with E-state index in [9.17, 15) is 10.1 Å². The molecule has 0 atom stereocenters. The molecule has 0 unspecified atom stereocenters. The van der Waals surface area contributed by atoms with Crippen LogP contribution in [-0.2, 0) is 0 Å². The van der Waals surface area contributed by atoms with E-state index in [-0.39, 0.29) is 17.4 Å². The van der Waals surface area contributed by atoms with Crippen LogP contribution in [0.3, 0.4) is 0 Å². The highest BCUT2D eigenvalue weighted by Gasteiger charge is 2.15. The number of aryl methyl sites for hydroxylation is 2. The predicted molar refractivity (Wildman–Crippen MR) is 77.9 cm³/mol. The van der Waals surface area contributed by atoms with Gasteiger partial charge in [0.05, 0.1) is 10.5 Å². The van der Waals surface area contributed by atoms with Crippen LogP contribution in [0.2, 0.25) is 0 Å². The highest BCUT2D eigenvalue weighted by molar-refractivity contribution is 5.98. The van der Waals surface area contributed by atoms with Gasteiger partial charge in [-0.25, -0.2) is 4.98 Å². The van der Waals surface area contributed by atoms with E-state index >= 15 is 0 Å². The van der Waals surface area contributed by atoms with Crippen molar-refractivity contribution in [3.8, 4) is 11.6 Å². The minimum absolute atomic E-state index is 0.0198. The second kappa shape index (κ2) is 5.58. The van der Waals surface area contributed by atoms with E-state index in [1.165, 1.54) is 12.1 Å². The molecule has 0 saturated carbocycles. The molecule has 3 N–H and O–H groups in total. The van der Waals surface area contributed by atoms with E-state index in [1.807, 2.05) is 0 Å². The summed E-state index contributed by atoms with van der Waals surface area (Å²) in [7, 11) is 0. The number of amidine groups is 1. The van der Waals surface area contributed by atoms with E-state index in [4.69, 9.17) is 15.9 Å². The number of aromatic nitrogens is 1. The summed E-state index contributed by atoms with van der Waals surface area (Å²) in [5.74, 6) is 0.462. The van der Waals surface area contributed by atoms with Crippen LogP contribution in [0.4, 0.5) is 5.69 Å². The normalized spacial score (nSPS) is 10.2. The molecule has 7 nitrogen and oxygen atoms in total. The minimum atomic E-state index is -0.453. The molecule has 21 heavy (non-hydrogen) atoms. The first-order valence-electron chi connectivity index (χ1n) is 6.13. The quantitative estimate of drug-likeness (QED) is 0.388. The summed E-state index contributed by atoms with van der Waals surface area (Å²) in [6, 6.07) is 6.13. The Balaban J connectivity index is 2.39.